The molecule has 2 aromatic heterocycles. The molecule has 0 aromatic carbocycles. The highest BCUT2D eigenvalue weighted by atomic mass is 35.5. The monoisotopic (exact) mass is 447 g/mol. The van der Waals surface area contributed by atoms with Gasteiger partial charge in [0.25, 0.3) is 0 Å². The van der Waals surface area contributed by atoms with Crippen LogP contribution in [0.1, 0.15) is 19.3 Å². The maximum atomic E-state index is 13.6. The van der Waals surface area contributed by atoms with Crippen LogP contribution in [-0.4, -0.2) is 54.9 Å². The third kappa shape index (κ3) is 5.90. The largest absolute Gasteiger partial charge is 0.381 e. The highest BCUT2D eigenvalue weighted by Gasteiger charge is 2.27. The molecule has 4 heterocycles. The van der Waals surface area contributed by atoms with E-state index < -0.39 is 12.1 Å². The van der Waals surface area contributed by atoms with Crippen LogP contribution < -0.4 is 16.0 Å². The number of hydrogen-bond donors (Lipinski definition) is 3. The van der Waals surface area contributed by atoms with Gasteiger partial charge in [-0.05, 0) is 43.4 Å². The minimum atomic E-state index is -1.01. The fourth-order valence-electron chi connectivity index (χ4n) is 3.90. The number of ether oxygens (including phenoxy) is 1. The summed E-state index contributed by atoms with van der Waals surface area (Å²) in [6.45, 7) is 3.21. The van der Waals surface area contributed by atoms with Crippen molar-refractivity contribution in [3.8, 4) is 11.3 Å². The Labute approximate surface area is 186 Å². The molecule has 0 saturated carbocycles. The van der Waals surface area contributed by atoms with Gasteiger partial charge in [-0.15, -0.1) is 0 Å². The minimum absolute atomic E-state index is 0.210. The number of carbonyl (C=O) groups is 1. The van der Waals surface area contributed by atoms with Crippen molar-refractivity contribution < 1.29 is 13.9 Å². The standard InChI is InChI=1S/C22H27ClFN5O2/c23-18-13-27-21(29-22(30)15-8-16(24)12-25-11-15)9-17(18)19-2-1-3-20(28-19)26-10-14-4-6-31-7-5-14/h1-3,9,13-16,25H,4-8,10-12H2,(H,26,28)(H,27,29,30)/t15-,16+/m0/s1. The molecule has 7 nitrogen and oxygen atoms in total. The van der Waals surface area contributed by atoms with Gasteiger partial charge in [0.15, 0.2) is 0 Å². The molecule has 0 aliphatic carbocycles. The van der Waals surface area contributed by atoms with Gasteiger partial charge in [-0.2, -0.15) is 0 Å². The second-order valence-electron chi connectivity index (χ2n) is 8.07. The summed E-state index contributed by atoms with van der Waals surface area (Å²) in [5.41, 5.74) is 1.36. The molecule has 2 atom stereocenters. The van der Waals surface area contributed by atoms with Crippen molar-refractivity contribution >= 4 is 29.1 Å². The van der Waals surface area contributed by atoms with Gasteiger partial charge in [-0.25, -0.2) is 14.4 Å². The molecule has 2 aromatic rings. The number of nitrogens with one attached hydrogen (secondary N) is 3. The summed E-state index contributed by atoms with van der Waals surface area (Å²) in [5.74, 6) is 1.03. The predicted molar refractivity (Wildman–Crippen MR) is 119 cm³/mol. The Balaban J connectivity index is 1.44. The van der Waals surface area contributed by atoms with Gasteiger partial charge < -0.3 is 20.7 Å². The first-order chi connectivity index (χ1) is 15.1. The molecule has 2 aliphatic heterocycles. The zero-order valence-electron chi connectivity index (χ0n) is 17.2. The summed E-state index contributed by atoms with van der Waals surface area (Å²) in [5, 5.41) is 9.56. The third-order valence-electron chi connectivity index (χ3n) is 5.71. The van der Waals surface area contributed by atoms with Gasteiger partial charge in [0.2, 0.25) is 5.91 Å². The zero-order chi connectivity index (χ0) is 21.6. The van der Waals surface area contributed by atoms with Crippen LogP contribution in [0.3, 0.4) is 0 Å². The molecule has 0 spiro atoms. The maximum Gasteiger partial charge on any atom is 0.230 e. The molecule has 9 heteroatoms. The summed E-state index contributed by atoms with van der Waals surface area (Å²) in [6, 6.07) is 7.40. The number of amides is 1. The summed E-state index contributed by atoms with van der Waals surface area (Å²) in [4.78, 5) is 21.4. The summed E-state index contributed by atoms with van der Waals surface area (Å²) in [6.07, 6.45) is 2.78. The van der Waals surface area contributed by atoms with Crippen LogP contribution in [0.4, 0.5) is 16.0 Å². The van der Waals surface area contributed by atoms with Crippen molar-refractivity contribution in [2.24, 2.45) is 11.8 Å². The van der Waals surface area contributed by atoms with E-state index in [0.29, 0.717) is 34.6 Å². The van der Waals surface area contributed by atoms with Crippen molar-refractivity contribution in [3.63, 3.8) is 0 Å². The SMILES string of the molecule is O=C(Nc1cc(-c2cccc(NCC3CCOCC3)n2)c(Cl)cn1)[C@@H]1CNC[C@H](F)C1. The normalized spacial score (nSPS) is 22.1. The van der Waals surface area contributed by atoms with Crippen LogP contribution in [0.5, 0.6) is 0 Å². The highest BCUT2D eigenvalue weighted by molar-refractivity contribution is 6.33. The van der Waals surface area contributed by atoms with Gasteiger partial charge in [0.1, 0.15) is 17.8 Å². The fraction of sp³-hybridized carbons (Fsp3) is 0.500. The van der Waals surface area contributed by atoms with E-state index in [4.69, 9.17) is 16.3 Å². The average Bonchev–Trinajstić information content (AvgIpc) is 2.80. The molecule has 2 saturated heterocycles. The smallest absolute Gasteiger partial charge is 0.230 e. The Morgan fingerprint density at radius 2 is 2.10 bits per heavy atom. The number of hydrogen-bond acceptors (Lipinski definition) is 6. The molecule has 1 amide bonds. The third-order valence-corrected chi connectivity index (χ3v) is 6.01. The number of nitrogens with zero attached hydrogens (tertiary/aromatic N) is 2. The topological polar surface area (TPSA) is 88.2 Å². The number of aromatic nitrogens is 2. The first-order valence-electron chi connectivity index (χ1n) is 10.7. The van der Waals surface area contributed by atoms with E-state index in [9.17, 15) is 9.18 Å². The number of carbonyl (C=O) groups excluding carboxylic acids is 1. The predicted octanol–water partition coefficient (Wildman–Crippen LogP) is 3.52. The number of halogens is 2. The van der Waals surface area contributed by atoms with Crippen molar-refractivity contribution in [2.45, 2.75) is 25.4 Å². The first-order valence-corrected chi connectivity index (χ1v) is 11.1. The van der Waals surface area contributed by atoms with Crippen molar-refractivity contribution in [3.05, 3.63) is 35.5 Å². The Morgan fingerprint density at radius 1 is 1.26 bits per heavy atom. The van der Waals surface area contributed by atoms with Crippen LogP contribution in [0, 0.1) is 11.8 Å². The number of pyridine rings is 2. The van der Waals surface area contributed by atoms with Crippen molar-refractivity contribution in [2.75, 3.05) is 43.5 Å². The van der Waals surface area contributed by atoms with E-state index in [-0.39, 0.29) is 18.9 Å². The molecule has 2 fully saturated rings. The van der Waals surface area contributed by atoms with Crippen LogP contribution in [0.15, 0.2) is 30.5 Å². The molecule has 0 radical (unpaired) electrons. The molecule has 2 aliphatic rings. The molecular weight excluding hydrogens is 421 g/mol. The maximum absolute atomic E-state index is 13.6. The molecule has 0 bridgehead atoms. The fourth-order valence-corrected chi connectivity index (χ4v) is 4.10. The summed E-state index contributed by atoms with van der Waals surface area (Å²) < 4.78 is 19.0. The second-order valence-corrected chi connectivity index (χ2v) is 8.48. The second kappa shape index (κ2) is 10.3. The van der Waals surface area contributed by atoms with E-state index in [0.717, 1.165) is 38.4 Å². The highest BCUT2D eigenvalue weighted by Crippen LogP contribution is 2.29. The molecule has 166 valence electrons. The Morgan fingerprint density at radius 3 is 2.90 bits per heavy atom. The van der Waals surface area contributed by atoms with Gasteiger partial charge in [0.05, 0.1) is 16.6 Å². The minimum Gasteiger partial charge on any atom is -0.381 e. The summed E-state index contributed by atoms with van der Waals surface area (Å²) in [7, 11) is 0. The van der Waals surface area contributed by atoms with E-state index in [1.54, 1.807) is 6.07 Å². The quantitative estimate of drug-likeness (QED) is 0.628. The van der Waals surface area contributed by atoms with Gasteiger partial charge in [-0.1, -0.05) is 17.7 Å². The molecule has 31 heavy (non-hydrogen) atoms. The van der Waals surface area contributed by atoms with E-state index in [1.807, 2.05) is 18.2 Å². The van der Waals surface area contributed by atoms with Gasteiger partial charge in [-0.3, -0.25) is 4.79 Å². The number of anilines is 2. The molecule has 3 N–H and O–H groups in total. The first kappa shape index (κ1) is 21.9. The Bertz CT molecular complexity index is 909. The average molecular weight is 448 g/mol. The van der Waals surface area contributed by atoms with E-state index in [1.165, 1.54) is 6.20 Å². The lowest BCUT2D eigenvalue weighted by Gasteiger charge is -2.24. The molecular formula is C22H27ClFN5O2. The Hall–Kier alpha value is -2.29. The lowest BCUT2D eigenvalue weighted by atomic mass is 9.97. The lowest BCUT2D eigenvalue weighted by Crippen LogP contribution is -2.42. The molecule has 0 unspecified atom stereocenters. The number of piperidine rings is 1. The lowest BCUT2D eigenvalue weighted by molar-refractivity contribution is -0.120. The van der Waals surface area contributed by atoms with E-state index in [2.05, 4.69) is 25.9 Å². The van der Waals surface area contributed by atoms with Gasteiger partial charge in [0, 0.05) is 44.6 Å². The number of alkyl halides is 1. The van der Waals surface area contributed by atoms with Crippen LogP contribution in [-0.2, 0) is 9.53 Å². The Kier molecular flexibility index (Phi) is 7.32. The van der Waals surface area contributed by atoms with Crippen molar-refractivity contribution in [1.82, 2.24) is 15.3 Å². The number of rotatable bonds is 6. The van der Waals surface area contributed by atoms with Crippen LogP contribution in [0.25, 0.3) is 11.3 Å². The zero-order valence-corrected chi connectivity index (χ0v) is 18.0. The van der Waals surface area contributed by atoms with Gasteiger partial charge >= 0.3 is 0 Å². The summed E-state index contributed by atoms with van der Waals surface area (Å²) >= 11 is 6.38. The van der Waals surface area contributed by atoms with E-state index >= 15 is 0 Å². The van der Waals surface area contributed by atoms with Crippen LogP contribution in [0.2, 0.25) is 5.02 Å². The molecule has 4 rings (SSSR count). The van der Waals surface area contributed by atoms with Crippen molar-refractivity contribution in [1.29, 1.82) is 0 Å². The van der Waals surface area contributed by atoms with Crippen LogP contribution >= 0.6 is 11.6 Å².